The number of nitrogens with zero attached hydrogens (tertiary/aromatic N) is 1. The van der Waals surface area contributed by atoms with Crippen LogP contribution in [0.3, 0.4) is 0 Å². The van der Waals surface area contributed by atoms with Crippen LogP contribution >= 0.6 is 0 Å². The van der Waals surface area contributed by atoms with Gasteiger partial charge in [0.15, 0.2) is 11.5 Å². The summed E-state index contributed by atoms with van der Waals surface area (Å²) in [6.07, 6.45) is 8.91. The van der Waals surface area contributed by atoms with Gasteiger partial charge in [0.1, 0.15) is 5.54 Å². The van der Waals surface area contributed by atoms with Crippen molar-refractivity contribution >= 4 is 16.7 Å². The molecule has 0 radical (unpaired) electrons. The van der Waals surface area contributed by atoms with Crippen molar-refractivity contribution in [1.82, 2.24) is 10.3 Å². The first-order valence-corrected chi connectivity index (χ1v) is 11.0. The fourth-order valence-corrected chi connectivity index (χ4v) is 4.33. The van der Waals surface area contributed by atoms with Gasteiger partial charge in [-0.25, -0.2) is 0 Å². The van der Waals surface area contributed by atoms with E-state index in [9.17, 15) is 4.79 Å². The van der Waals surface area contributed by atoms with Crippen LogP contribution in [0.25, 0.3) is 10.8 Å². The van der Waals surface area contributed by atoms with Crippen molar-refractivity contribution in [3.05, 3.63) is 66.0 Å². The monoisotopic (exact) mass is 428 g/mol. The van der Waals surface area contributed by atoms with Crippen molar-refractivity contribution in [2.45, 2.75) is 44.1 Å². The van der Waals surface area contributed by atoms with Gasteiger partial charge in [0.25, 0.3) is 0 Å². The van der Waals surface area contributed by atoms with Crippen molar-refractivity contribution in [1.29, 1.82) is 0 Å². The van der Waals surface area contributed by atoms with Crippen LogP contribution in [0, 0.1) is 11.8 Å². The van der Waals surface area contributed by atoms with Gasteiger partial charge in [-0.05, 0) is 30.5 Å². The van der Waals surface area contributed by atoms with E-state index in [0.717, 1.165) is 47.6 Å². The Morgan fingerprint density at radius 1 is 1.03 bits per heavy atom. The topological polar surface area (TPSA) is 60.5 Å². The minimum Gasteiger partial charge on any atom is -0.493 e. The number of hydrogen-bond donors (Lipinski definition) is 1. The molecular formula is C27H28N2O3. The summed E-state index contributed by atoms with van der Waals surface area (Å²) in [5.41, 5.74) is 1.25. The molecule has 0 atom stereocenters. The third kappa shape index (κ3) is 4.86. The number of carbonyl (C=O) groups excluding carboxylic acids is 1. The third-order valence-electron chi connectivity index (χ3n) is 6.00. The number of benzene rings is 2. The lowest BCUT2D eigenvalue weighted by Crippen LogP contribution is -2.49. The number of methoxy groups -OCH3 is 2. The molecule has 4 rings (SSSR count). The lowest BCUT2D eigenvalue weighted by Gasteiger charge is -2.33. The fraction of sp³-hybridized carbons (Fsp3) is 0.333. The first-order valence-electron chi connectivity index (χ1n) is 11.0. The highest BCUT2D eigenvalue weighted by Gasteiger charge is 2.31. The summed E-state index contributed by atoms with van der Waals surface area (Å²) in [6.45, 7) is 0. The molecule has 1 heterocycles. The number of carbonyl (C=O) groups is 1. The van der Waals surface area contributed by atoms with Crippen molar-refractivity contribution in [3.8, 4) is 23.3 Å². The van der Waals surface area contributed by atoms with Gasteiger partial charge in [-0.3, -0.25) is 9.78 Å². The minimum absolute atomic E-state index is 0.0375. The molecular weight excluding hydrogens is 400 g/mol. The lowest BCUT2D eigenvalue weighted by atomic mass is 9.81. The third-order valence-corrected chi connectivity index (χ3v) is 6.00. The molecule has 1 N–H and O–H groups in total. The quantitative estimate of drug-likeness (QED) is 0.600. The first-order chi connectivity index (χ1) is 15.6. The Hall–Kier alpha value is -3.52. The molecule has 0 bridgehead atoms. The summed E-state index contributed by atoms with van der Waals surface area (Å²) >= 11 is 0. The van der Waals surface area contributed by atoms with Crippen LogP contribution in [-0.2, 0) is 11.2 Å². The highest BCUT2D eigenvalue weighted by molar-refractivity contribution is 5.87. The maximum atomic E-state index is 13.0. The Morgan fingerprint density at radius 2 is 1.81 bits per heavy atom. The summed E-state index contributed by atoms with van der Waals surface area (Å²) < 4.78 is 10.7. The number of ether oxygens (including phenoxy) is 2. The molecule has 1 aliphatic rings. The van der Waals surface area contributed by atoms with E-state index >= 15 is 0 Å². The molecule has 164 valence electrons. The number of amides is 1. The summed E-state index contributed by atoms with van der Waals surface area (Å²) in [5.74, 6) is 8.00. The van der Waals surface area contributed by atoms with Gasteiger partial charge in [-0.2, -0.15) is 0 Å². The number of nitrogens with one attached hydrogen (secondary N) is 1. The predicted molar refractivity (Wildman–Crippen MR) is 126 cm³/mol. The maximum absolute atomic E-state index is 13.0. The van der Waals surface area contributed by atoms with Gasteiger partial charge in [0.2, 0.25) is 5.91 Å². The molecule has 32 heavy (non-hydrogen) atoms. The zero-order valence-electron chi connectivity index (χ0n) is 18.6. The summed E-state index contributed by atoms with van der Waals surface area (Å²) in [5, 5.41) is 5.41. The van der Waals surface area contributed by atoms with Crippen LogP contribution in [0.2, 0.25) is 0 Å². The van der Waals surface area contributed by atoms with Crippen molar-refractivity contribution in [2.24, 2.45) is 0 Å². The van der Waals surface area contributed by atoms with Crippen LogP contribution in [0.5, 0.6) is 11.5 Å². The highest BCUT2D eigenvalue weighted by Crippen LogP contribution is 2.30. The van der Waals surface area contributed by atoms with Gasteiger partial charge < -0.3 is 14.8 Å². The second-order valence-corrected chi connectivity index (χ2v) is 8.22. The summed E-state index contributed by atoms with van der Waals surface area (Å²) in [6, 6.07) is 13.7. The smallest absolute Gasteiger partial charge is 0.225 e. The fourth-order valence-electron chi connectivity index (χ4n) is 4.33. The lowest BCUT2D eigenvalue weighted by molar-refractivity contribution is -0.122. The van der Waals surface area contributed by atoms with E-state index in [1.165, 1.54) is 6.42 Å². The summed E-state index contributed by atoms with van der Waals surface area (Å²) in [7, 11) is 3.19. The van der Waals surface area contributed by atoms with Gasteiger partial charge in [0.05, 0.1) is 26.2 Å². The molecule has 0 saturated heterocycles. The van der Waals surface area contributed by atoms with Crippen molar-refractivity contribution in [3.63, 3.8) is 0 Å². The van der Waals surface area contributed by atoms with E-state index < -0.39 is 5.54 Å². The van der Waals surface area contributed by atoms with E-state index in [1.807, 2.05) is 42.6 Å². The van der Waals surface area contributed by atoms with Crippen LogP contribution in [0.1, 0.15) is 43.2 Å². The maximum Gasteiger partial charge on any atom is 0.225 e. The zero-order valence-corrected chi connectivity index (χ0v) is 18.6. The number of aromatic nitrogens is 1. The Labute approximate surface area is 189 Å². The molecule has 1 saturated carbocycles. The molecule has 0 spiro atoms. The van der Waals surface area contributed by atoms with Crippen molar-refractivity contribution < 1.29 is 14.3 Å². The Kier molecular flexibility index (Phi) is 6.61. The van der Waals surface area contributed by atoms with Crippen LogP contribution in [0.4, 0.5) is 0 Å². The average Bonchev–Trinajstić information content (AvgIpc) is 2.83. The molecule has 1 amide bonds. The van der Waals surface area contributed by atoms with Gasteiger partial charge >= 0.3 is 0 Å². The molecule has 1 aliphatic carbocycles. The number of fused-ring (bicyclic) bond motifs is 1. The molecule has 1 aromatic heterocycles. The van der Waals surface area contributed by atoms with Gasteiger partial charge in [-0.15, -0.1) is 0 Å². The number of pyridine rings is 1. The van der Waals surface area contributed by atoms with E-state index in [-0.39, 0.29) is 12.3 Å². The second kappa shape index (κ2) is 9.74. The van der Waals surface area contributed by atoms with Gasteiger partial charge in [0, 0.05) is 23.2 Å². The van der Waals surface area contributed by atoms with Crippen LogP contribution in [0.15, 0.2) is 54.9 Å². The largest absolute Gasteiger partial charge is 0.493 e. The first kappa shape index (κ1) is 21.7. The Morgan fingerprint density at radius 3 is 2.59 bits per heavy atom. The molecule has 3 aromatic rings. The molecule has 5 heteroatoms. The van der Waals surface area contributed by atoms with Crippen molar-refractivity contribution in [2.75, 3.05) is 14.2 Å². The SMILES string of the molecule is COc1ccc(CC(=O)NC2(C#Cc3cncc4ccccc34)CCCCC2)cc1OC. The second-order valence-electron chi connectivity index (χ2n) is 8.22. The molecule has 0 unspecified atom stereocenters. The Bertz CT molecular complexity index is 1160. The highest BCUT2D eigenvalue weighted by atomic mass is 16.5. The number of rotatable bonds is 5. The minimum atomic E-state index is -0.511. The Balaban J connectivity index is 1.56. The number of hydrogen-bond acceptors (Lipinski definition) is 4. The van der Waals surface area contributed by atoms with Crippen LogP contribution < -0.4 is 14.8 Å². The molecule has 5 nitrogen and oxygen atoms in total. The van der Waals surface area contributed by atoms with E-state index in [4.69, 9.17) is 9.47 Å². The van der Waals surface area contributed by atoms with E-state index in [2.05, 4.69) is 28.2 Å². The normalized spacial score (nSPS) is 14.8. The predicted octanol–water partition coefficient (Wildman–Crippen LogP) is 4.67. The van der Waals surface area contributed by atoms with Gasteiger partial charge in [-0.1, -0.05) is 61.4 Å². The average molecular weight is 429 g/mol. The van der Waals surface area contributed by atoms with E-state index in [1.54, 1.807) is 20.4 Å². The van der Waals surface area contributed by atoms with Crippen LogP contribution in [-0.4, -0.2) is 30.6 Å². The summed E-state index contributed by atoms with van der Waals surface area (Å²) in [4.78, 5) is 17.3. The molecule has 1 fully saturated rings. The molecule has 0 aliphatic heterocycles. The zero-order chi connectivity index (χ0) is 22.4. The van der Waals surface area contributed by atoms with E-state index in [0.29, 0.717) is 11.5 Å². The standard InChI is InChI=1S/C27H28N2O3/c1-31-24-11-10-20(16-25(24)32-2)17-26(30)29-27(13-6-3-7-14-27)15-12-22-19-28-18-21-8-4-5-9-23(21)22/h4-5,8-11,16,18-19H,3,6-7,13-14,17H2,1-2H3,(H,29,30). The molecule has 2 aromatic carbocycles.